The molecule has 1 saturated carbocycles. The lowest BCUT2D eigenvalue weighted by Gasteiger charge is -2.53. The van der Waals surface area contributed by atoms with E-state index in [1.54, 1.807) is 0 Å². The molecule has 0 aromatic rings. The van der Waals surface area contributed by atoms with E-state index in [4.69, 9.17) is 9.47 Å². The molecule has 1 heterocycles. The summed E-state index contributed by atoms with van der Waals surface area (Å²) in [4.78, 5) is 0. The van der Waals surface area contributed by atoms with E-state index in [9.17, 15) is 0 Å². The predicted octanol–water partition coefficient (Wildman–Crippen LogP) is 2.59. The van der Waals surface area contributed by atoms with Crippen LogP contribution in [0, 0.1) is 11.3 Å². The predicted molar refractivity (Wildman–Crippen MR) is 73.7 cm³/mol. The van der Waals surface area contributed by atoms with E-state index in [-0.39, 0.29) is 5.41 Å². The third-order valence-corrected chi connectivity index (χ3v) is 4.96. The quantitative estimate of drug-likeness (QED) is 0.837. The Morgan fingerprint density at radius 2 is 2.00 bits per heavy atom. The second kappa shape index (κ2) is 5.48. The van der Waals surface area contributed by atoms with E-state index < -0.39 is 0 Å². The minimum absolute atomic E-state index is 0.264. The van der Waals surface area contributed by atoms with E-state index in [0.29, 0.717) is 30.2 Å². The lowest BCUT2D eigenvalue weighted by atomic mass is 9.64. The van der Waals surface area contributed by atoms with Crippen molar-refractivity contribution in [2.24, 2.45) is 11.3 Å². The Labute approximate surface area is 112 Å². The molecule has 0 bridgehead atoms. The zero-order chi connectivity index (χ0) is 13.3. The molecular weight excluding hydrogens is 226 g/mol. The average molecular weight is 255 g/mol. The van der Waals surface area contributed by atoms with Gasteiger partial charge in [-0.05, 0) is 25.2 Å². The van der Waals surface area contributed by atoms with Gasteiger partial charge in [0.1, 0.15) is 0 Å². The van der Waals surface area contributed by atoms with Crippen LogP contribution in [0.3, 0.4) is 0 Å². The Hall–Kier alpha value is -0.120. The van der Waals surface area contributed by atoms with Crippen molar-refractivity contribution < 1.29 is 9.47 Å². The smallest absolute Gasteiger partial charge is 0.0652 e. The van der Waals surface area contributed by atoms with Gasteiger partial charge in [0.15, 0.2) is 0 Å². The van der Waals surface area contributed by atoms with E-state index in [1.807, 2.05) is 7.11 Å². The third-order valence-electron chi connectivity index (χ3n) is 4.96. The maximum absolute atomic E-state index is 5.83. The molecule has 106 valence electrons. The van der Waals surface area contributed by atoms with Crippen LogP contribution in [0.15, 0.2) is 0 Å². The normalized spacial score (nSPS) is 39.7. The second-order valence-electron chi connectivity index (χ2n) is 6.88. The number of methoxy groups -OCH3 is 1. The molecule has 0 aromatic heterocycles. The van der Waals surface area contributed by atoms with Crippen molar-refractivity contribution in [3.05, 3.63) is 0 Å². The maximum atomic E-state index is 5.83. The van der Waals surface area contributed by atoms with Crippen molar-refractivity contribution in [3.8, 4) is 0 Å². The van der Waals surface area contributed by atoms with Gasteiger partial charge in [0.25, 0.3) is 0 Å². The fourth-order valence-electron chi connectivity index (χ4n) is 3.30. The molecule has 4 atom stereocenters. The maximum Gasteiger partial charge on any atom is 0.0652 e. The van der Waals surface area contributed by atoms with Crippen LogP contribution >= 0.6 is 0 Å². The molecule has 0 amide bonds. The Balaban J connectivity index is 1.84. The van der Waals surface area contributed by atoms with Crippen LogP contribution in [-0.4, -0.2) is 38.0 Å². The summed E-state index contributed by atoms with van der Waals surface area (Å²) in [5.74, 6) is 0.621. The largest absolute Gasteiger partial charge is 0.381 e. The van der Waals surface area contributed by atoms with E-state index >= 15 is 0 Å². The molecule has 1 aliphatic carbocycles. The molecule has 2 rings (SSSR count). The molecule has 1 N–H and O–H groups in total. The first-order valence-corrected chi connectivity index (χ1v) is 7.35. The Kier molecular flexibility index (Phi) is 4.35. The minimum Gasteiger partial charge on any atom is -0.381 e. The lowest BCUT2D eigenvalue weighted by Crippen LogP contribution is -2.63. The Morgan fingerprint density at radius 3 is 2.56 bits per heavy atom. The second-order valence-corrected chi connectivity index (χ2v) is 6.88. The summed E-state index contributed by atoms with van der Waals surface area (Å²) in [5.41, 5.74) is 0.264. The first-order chi connectivity index (χ1) is 8.45. The minimum atomic E-state index is 0.264. The highest BCUT2D eigenvalue weighted by atomic mass is 16.5. The van der Waals surface area contributed by atoms with E-state index in [1.165, 1.54) is 0 Å². The fraction of sp³-hybridized carbons (Fsp3) is 1.00. The monoisotopic (exact) mass is 255 g/mol. The number of hydrogen-bond donors (Lipinski definition) is 1. The first-order valence-electron chi connectivity index (χ1n) is 7.35. The molecule has 3 nitrogen and oxygen atoms in total. The van der Waals surface area contributed by atoms with Crippen LogP contribution in [0.25, 0.3) is 0 Å². The number of ether oxygens (including phenoxy) is 2. The van der Waals surface area contributed by atoms with Crippen LogP contribution in [0.2, 0.25) is 0 Å². The van der Waals surface area contributed by atoms with Crippen molar-refractivity contribution in [1.29, 1.82) is 0 Å². The van der Waals surface area contributed by atoms with Crippen LogP contribution in [-0.2, 0) is 9.47 Å². The molecule has 1 saturated heterocycles. The summed E-state index contributed by atoms with van der Waals surface area (Å²) in [5, 5.41) is 3.83. The molecule has 18 heavy (non-hydrogen) atoms. The zero-order valence-corrected chi connectivity index (χ0v) is 12.5. The first kappa shape index (κ1) is 14.3. The highest BCUT2D eigenvalue weighted by Crippen LogP contribution is 2.43. The highest BCUT2D eigenvalue weighted by molar-refractivity contribution is 5.03. The molecule has 3 heteroatoms. The molecule has 2 fully saturated rings. The van der Waals surface area contributed by atoms with Gasteiger partial charge in [0.2, 0.25) is 0 Å². The highest BCUT2D eigenvalue weighted by Gasteiger charge is 2.49. The van der Waals surface area contributed by atoms with Crippen LogP contribution < -0.4 is 5.32 Å². The van der Waals surface area contributed by atoms with Gasteiger partial charge >= 0.3 is 0 Å². The molecule has 4 unspecified atom stereocenters. The zero-order valence-electron chi connectivity index (χ0n) is 12.5. The van der Waals surface area contributed by atoms with E-state index in [2.05, 4.69) is 33.0 Å². The fourth-order valence-corrected chi connectivity index (χ4v) is 3.30. The van der Waals surface area contributed by atoms with Gasteiger partial charge < -0.3 is 14.8 Å². The van der Waals surface area contributed by atoms with Crippen LogP contribution in [0.1, 0.15) is 47.0 Å². The number of hydrogen-bond acceptors (Lipinski definition) is 3. The topological polar surface area (TPSA) is 30.5 Å². The Morgan fingerprint density at radius 1 is 1.28 bits per heavy atom. The molecule has 2 aliphatic rings. The molecular formula is C15H29NO2. The molecule has 0 radical (unpaired) electrons. The summed E-state index contributed by atoms with van der Waals surface area (Å²) in [6.45, 7) is 10.0. The molecule has 0 spiro atoms. The lowest BCUT2D eigenvalue weighted by molar-refractivity contribution is -0.107. The van der Waals surface area contributed by atoms with Gasteiger partial charge in [0.05, 0.1) is 12.2 Å². The molecule has 1 aliphatic heterocycles. The standard InChI is InChI=1S/C15H29NO2/c1-10(2)12-8-11(6-7-18-12)16-13-9-14(17-5)15(13,3)4/h10-14,16H,6-9H2,1-5H3. The Bertz CT molecular complexity index is 278. The summed E-state index contributed by atoms with van der Waals surface area (Å²) in [6.07, 6.45) is 4.29. The summed E-state index contributed by atoms with van der Waals surface area (Å²) in [6, 6.07) is 1.21. The van der Waals surface area contributed by atoms with Crippen molar-refractivity contribution in [1.82, 2.24) is 5.32 Å². The van der Waals surface area contributed by atoms with Gasteiger partial charge in [-0.3, -0.25) is 0 Å². The molecule has 0 aromatic carbocycles. The van der Waals surface area contributed by atoms with Gasteiger partial charge in [-0.2, -0.15) is 0 Å². The number of nitrogens with one attached hydrogen (secondary N) is 1. The van der Waals surface area contributed by atoms with E-state index in [0.717, 1.165) is 25.9 Å². The van der Waals surface area contributed by atoms with Crippen molar-refractivity contribution >= 4 is 0 Å². The number of rotatable bonds is 4. The van der Waals surface area contributed by atoms with Gasteiger partial charge in [-0.15, -0.1) is 0 Å². The summed E-state index contributed by atoms with van der Waals surface area (Å²) >= 11 is 0. The van der Waals surface area contributed by atoms with Crippen molar-refractivity contribution in [2.45, 2.75) is 71.2 Å². The van der Waals surface area contributed by atoms with Crippen molar-refractivity contribution in [3.63, 3.8) is 0 Å². The van der Waals surface area contributed by atoms with Gasteiger partial charge in [0, 0.05) is 31.2 Å². The van der Waals surface area contributed by atoms with Gasteiger partial charge in [-0.1, -0.05) is 27.7 Å². The third kappa shape index (κ3) is 2.73. The van der Waals surface area contributed by atoms with Crippen LogP contribution in [0.5, 0.6) is 0 Å². The summed E-state index contributed by atoms with van der Waals surface area (Å²) < 4.78 is 11.3. The van der Waals surface area contributed by atoms with Crippen LogP contribution in [0.4, 0.5) is 0 Å². The summed E-state index contributed by atoms with van der Waals surface area (Å²) in [7, 11) is 1.83. The van der Waals surface area contributed by atoms with Crippen molar-refractivity contribution in [2.75, 3.05) is 13.7 Å². The van der Waals surface area contributed by atoms with Gasteiger partial charge in [-0.25, -0.2) is 0 Å². The average Bonchev–Trinajstić information content (AvgIpc) is 2.34. The SMILES string of the molecule is COC1CC(NC2CCOC(C(C)C)C2)C1(C)C.